The van der Waals surface area contributed by atoms with Crippen molar-refractivity contribution in [1.82, 2.24) is 10.2 Å². The number of halogens is 2. The van der Waals surface area contributed by atoms with Crippen LogP contribution < -0.4 is 5.32 Å². The molecule has 0 atom stereocenters. The molecule has 1 N–H and O–H groups in total. The highest BCUT2D eigenvalue weighted by Gasteiger charge is 2.28. The van der Waals surface area contributed by atoms with Crippen LogP contribution in [0.1, 0.15) is 13.8 Å². The molecule has 1 aliphatic heterocycles. The lowest BCUT2D eigenvalue weighted by atomic mass is 10.0. The Labute approximate surface area is 139 Å². The Morgan fingerprint density at radius 1 is 1.30 bits per heavy atom. The van der Waals surface area contributed by atoms with Crippen molar-refractivity contribution in [3.63, 3.8) is 0 Å². The fourth-order valence-electron chi connectivity index (χ4n) is 2.36. The van der Waals surface area contributed by atoms with Crippen molar-refractivity contribution in [2.75, 3.05) is 38.6 Å². The van der Waals surface area contributed by atoms with E-state index in [1.54, 1.807) is 0 Å². The van der Waals surface area contributed by atoms with Crippen LogP contribution in [0.2, 0.25) is 0 Å². The number of nitrogens with one attached hydrogen (secondary N) is 1. The molecular weight excluding hydrogens is 322 g/mol. The number of amides is 1. The zero-order chi connectivity index (χ0) is 16.9. The zero-order valence-electron chi connectivity index (χ0n) is 13.4. The van der Waals surface area contributed by atoms with Gasteiger partial charge in [0.05, 0.1) is 19.0 Å². The van der Waals surface area contributed by atoms with Crippen molar-refractivity contribution < 1.29 is 18.3 Å². The summed E-state index contributed by atoms with van der Waals surface area (Å²) < 4.78 is 31.3. The molecule has 23 heavy (non-hydrogen) atoms. The van der Waals surface area contributed by atoms with Crippen molar-refractivity contribution in [2.24, 2.45) is 0 Å². The predicted octanol–water partition coefficient (Wildman–Crippen LogP) is 2.28. The number of benzene rings is 1. The summed E-state index contributed by atoms with van der Waals surface area (Å²) in [5.41, 5.74) is -0.147. The Hall–Kier alpha value is -1.18. The summed E-state index contributed by atoms with van der Waals surface area (Å²) >= 11 is 1.19. The minimum absolute atomic E-state index is 0.124. The van der Waals surface area contributed by atoms with Gasteiger partial charge < -0.3 is 10.1 Å². The third-order valence-corrected chi connectivity index (χ3v) is 4.84. The lowest BCUT2D eigenvalue weighted by Crippen LogP contribution is -2.55. The SMILES string of the molecule is CC(C)(CNC(=O)CSc1ccc(F)c(F)c1)N1CCOCC1. The lowest BCUT2D eigenvalue weighted by Gasteiger charge is -2.40. The number of rotatable bonds is 6. The van der Waals surface area contributed by atoms with Gasteiger partial charge in [0.15, 0.2) is 11.6 Å². The Morgan fingerprint density at radius 2 is 2.00 bits per heavy atom. The van der Waals surface area contributed by atoms with Crippen molar-refractivity contribution >= 4 is 17.7 Å². The number of nitrogens with zero attached hydrogens (tertiary/aromatic N) is 1. The Morgan fingerprint density at radius 3 is 2.65 bits per heavy atom. The molecule has 1 aliphatic rings. The van der Waals surface area contributed by atoms with E-state index in [0.717, 1.165) is 25.2 Å². The van der Waals surface area contributed by atoms with E-state index >= 15 is 0 Å². The third-order valence-electron chi connectivity index (χ3n) is 3.85. The first-order valence-corrected chi connectivity index (χ1v) is 8.54. The topological polar surface area (TPSA) is 41.6 Å². The number of carbonyl (C=O) groups excluding carboxylic acids is 1. The summed E-state index contributed by atoms with van der Waals surface area (Å²) in [6.07, 6.45) is 0. The van der Waals surface area contributed by atoms with Crippen molar-refractivity contribution in [2.45, 2.75) is 24.3 Å². The van der Waals surface area contributed by atoms with Crippen LogP contribution in [-0.2, 0) is 9.53 Å². The predicted molar refractivity (Wildman–Crippen MR) is 86.6 cm³/mol. The average molecular weight is 344 g/mol. The lowest BCUT2D eigenvalue weighted by molar-refractivity contribution is -0.119. The molecule has 2 rings (SSSR count). The molecule has 0 spiro atoms. The van der Waals surface area contributed by atoms with Gasteiger partial charge >= 0.3 is 0 Å². The standard InChI is InChI=1S/C16H22F2N2O2S/c1-16(2,20-5-7-22-8-6-20)11-19-15(21)10-23-12-3-4-13(17)14(18)9-12/h3-4,9H,5-8,10-11H2,1-2H3,(H,19,21). The van der Waals surface area contributed by atoms with Gasteiger partial charge in [-0.05, 0) is 32.0 Å². The highest BCUT2D eigenvalue weighted by molar-refractivity contribution is 8.00. The van der Waals surface area contributed by atoms with Crippen LogP contribution in [0.3, 0.4) is 0 Å². The minimum Gasteiger partial charge on any atom is -0.379 e. The van der Waals surface area contributed by atoms with Gasteiger partial charge in [-0.25, -0.2) is 8.78 Å². The summed E-state index contributed by atoms with van der Waals surface area (Å²) in [4.78, 5) is 14.8. The molecule has 0 aliphatic carbocycles. The maximum absolute atomic E-state index is 13.1. The molecule has 1 amide bonds. The van der Waals surface area contributed by atoms with Gasteiger partial charge in [-0.15, -0.1) is 11.8 Å². The second kappa shape index (κ2) is 8.08. The Balaban J connectivity index is 1.76. The van der Waals surface area contributed by atoms with Crippen LogP contribution in [0.15, 0.2) is 23.1 Å². The fourth-order valence-corrected chi connectivity index (χ4v) is 3.11. The molecule has 0 unspecified atom stereocenters. The number of hydrogen-bond acceptors (Lipinski definition) is 4. The van der Waals surface area contributed by atoms with E-state index < -0.39 is 11.6 Å². The third kappa shape index (κ3) is 5.44. The molecule has 1 aromatic rings. The van der Waals surface area contributed by atoms with E-state index in [1.807, 2.05) is 0 Å². The van der Waals surface area contributed by atoms with Crippen LogP contribution in [0.5, 0.6) is 0 Å². The van der Waals surface area contributed by atoms with Crippen LogP contribution in [0, 0.1) is 11.6 Å². The van der Waals surface area contributed by atoms with E-state index in [9.17, 15) is 13.6 Å². The number of thioether (sulfide) groups is 1. The first-order valence-electron chi connectivity index (χ1n) is 7.56. The molecule has 0 radical (unpaired) electrons. The minimum atomic E-state index is -0.899. The van der Waals surface area contributed by atoms with Crippen LogP contribution in [0.25, 0.3) is 0 Å². The van der Waals surface area contributed by atoms with Gasteiger partial charge in [-0.1, -0.05) is 0 Å². The number of ether oxygens (including phenoxy) is 1. The van der Waals surface area contributed by atoms with Gasteiger partial charge in [0, 0.05) is 30.1 Å². The second-order valence-corrected chi connectivity index (χ2v) is 7.10. The van der Waals surface area contributed by atoms with Crippen molar-refractivity contribution in [1.29, 1.82) is 0 Å². The highest BCUT2D eigenvalue weighted by atomic mass is 32.2. The largest absolute Gasteiger partial charge is 0.379 e. The summed E-state index contributed by atoms with van der Waals surface area (Å²) in [5, 5.41) is 2.91. The van der Waals surface area contributed by atoms with E-state index in [1.165, 1.54) is 17.8 Å². The van der Waals surface area contributed by atoms with Crippen molar-refractivity contribution in [3.05, 3.63) is 29.8 Å². The fraction of sp³-hybridized carbons (Fsp3) is 0.562. The molecule has 7 heteroatoms. The van der Waals surface area contributed by atoms with E-state index in [2.05, 4.69) is 24.1 Å². The Bertz CT molecular complexity index is 549. The maximum atomic E-state index is 13.1. The number of hydrogen-bond donors (Lipinski definition) is 1. The Kier molecular flexibility index (Phi) is 6.38. The monoisotopic (exact) mass is 344 g/mol. The molecule has 1 saturated heterocycles. The first kappa shape index (κ1) is 18.2. The summed E-state index contributed by atoms with van der Waals surface area (Å²) in [7, 11) is 0. The molecule has 1 heterocycles. The van der Waals surface area contributed by atoms with E-state index in [0.29, 0.717) is 24.7 Å². The average Bonchev–Trinajstić information content (AvgIpc) is 2.55. The molecule has 128 valence electrons. The second-order valence-electron chi connectivity index (χ2n) is 6.05. The number of morpholine rings is 1. The summed E-state index contributed by atoms with van der Waals surface area (Å²) in [6.45, 7) is 7.83. The summed E-state index contributed by atoms with van der Waals surface area (Å²) in [6, 6.07) is 3.64. The molecule has 1 fully saturated rings. The summed E-state index contributed by atoms with van der Waals surface area (Å²) in [5.74, 6) is -1.74. The molecule has 4 nitrogen and oxygen atoms in total. The van der Waals surface area contributed by atoms with Crippen LogP contribution >= 0.6 is 11.8 Å². The van der Waals surface area contributed by atoms with E-state index in [4.69, 9.17) is 4.74 Å². The van der Waals surface area contributed by atoms with Gasteiger partial charge in [0.2, 0.25) is 5.91 Å². The molecule has 0 bridgehead atoms. The van der Waals surface area contributed by atoms with E-state index in [-0.39, 0.29) is 17.2 Å². The normalized spacial score (nSPS) is 16.3. The maximum Gasteiger partial charge on any atom is 0.230 e. The quantitative estimate of drug-likeness (QED) is 0.804. The number of carbonyl (C=O) groups is 1. The van der Waals surface area contributed by atoms with Crippen LogP contribution in [-0.4, -0.2) is 54.9 Å². The van der Waals surface area contributed by atoms with Gasteiger partial charge in [0.25, 0.3) is 0 Å². The van der Waals surface area contributed by atoms with Crippen LogP contribution in [0.4, 0.5) is 8.78 Å². The smallest absolute Gasteiger partial charge is 0.230 e. The van der Waals surface area contributed by atoms with Crippen molar-refractivity contribution in [3.8, 4) is 0 Å². The van der Waals surface area contributed by atoms with Gasteiger partial charge in [-0.3, -0.25) is 9.69 Å². The zero-order valence-corrected chi connectivity index (χ0v) is 14.2. The van der Waals surface area contributed by atoms with Gasteiger partial charge in [-0.2, -0.15) is 0 Å². The molecule has 1 aromatic carbocycles. The molecular formula is C16H22F2N2O2S. The highest BCUT2D eigenvalue weighted by Crippen LogP contribution is 2.20. The molecule has 0 aromatic heterocycles. The molecule has 0 saturated carbocycles. The van der Waals surface area contributed by atoms with Gasteiger partial charge in [0.1, 0.15) is 0 Å². The first-order chi connectivity index (χ1) is 10.9.